The number of aliphatic hydroxyl groups is 1. The topological polar surface area (TPSA) is 119 Å². The number of ether oxygens (including phenoxy) is 3. The van der Waals surface area contributed by atoms with Crippen LogP contribution in [0.1, 0.15) is 12.5 Å². The van der Waals surface area contributed by atoms with Crippen molar-refractivity contribution in [3.63, 3.8) is 0 Å². The summed E-state index contributed by atoms with van der Waals surface area (Å²) in [6, 6.07) is 4.11. The minimum atomic E-state index is -0.941. The van der Waals surface area contributed by atoms with Crippen LogP contribution in [-0.4, -0.2) is 41.7 Å². The summed E-state index contributed by atoms with van der Waals surface area (Å²) < 4.78 is 21.9. The molecule has 1 atom stereocenters. The fraction of sp³-hybridized carbons (Fsp3) is 0.227. The second-order valence-corrected chi connectivity index (χ2v) is 7.12. The number of benzene rings is 2. The minimum Gasteiger partial charge on any atom is -0.507 e. The van der Waals surface area contributed by atoms with E-state index < -0.39 is 11.0 Å². The van der Waals surface area contributed by atoms with Crippen molar-refractivity contribution in [3.05, 3.63) is 46.3 Å². The Hall–Kier alpha value is -3.65. The lowest BCUT2D eigenvalue weighted by Gasteiger charge is -2.30. The van der Waals surface area contributed by atoms with Crippen LogP contribution in [0, 0.1) is 0 Å². The normalized spacial score (nSPS) is 17.5. The molecule has 0 radical (unpaired) electrons. The van der Waals surface area contributed by atoms with Crippen molar-refractivity contribution in [2.75, 3.05) is 20.8 Å². The van der Waals surface area contributed by atoms with Gasteiger partial charge in [0.2, 0.25) is 5.43 Å². The van der Waals surface area contributed by atoms with Gasteiger partial charge in [0.15, 0.2) is 17.1 Å². The van der Waals surface area contributed by atoms with Crippen LogP contribution in [0.3, 0.4) is 0 Å². The minimum absolute atomic E-state index is 0.0267. The molecule has 0 saturated heterocycles. The number of aromatic hydroxyl groups is 2. The molecule has 0 saturated carbocycles. The number of rotatable bonds is 4. The van der Waals surface area contributed by atoms with Crippen molar-refractivity contribution in [2.45, 2.75) is 12.5 Å². The van der Waals surface area contributed by atoms with Gasteiger partial charge in [0.1, 0.15) is 34.5 Å². The number of methoxy groups -OCH3 is 2. The van der Waals surface area contributed by atoms with Gasteiger partial charge in [-0.3, -0.25) is 4.79 Å². The third-order valence-corrected chi connectivity index (χ3v) is 5.08. The molecule has 3 N–H and O–H groups in total. The molecule has 1 aliphatic heterocycles. The predicted molar refractivity (Wildman–Crippen MR) is 110 cm³/mol. The van der Waals surface area contributed by atoms with Crippen LogP contribution in [0.5, 0.6) is 28.7 Å². The standard InChI is InChI=1S/C22H20O8/c1-22(10-23)5-4-11-17(30-22)8-15(25)19-20(26)13(9-29-21(11)19)12-6-18(28-3)14(24)7-16(12)27-2/h4-9,23-25H,10H2,1-3H3. The zero-order chi connectivity index (χ0) is 21.6. The van der Waals surface area contributed by atoms with Gasteiger partial charge in [-0.15, -0.1) is 0 Å². The SMILES string of the molecule is COc1cc(-c2coc3c4c(cc(O)c3c2=O)OC(C)(CO)C=C4)c(OC)cc1O. The number of phenolic OH excluding ortho intramolecular Hbond substituents is 2. The molecule has 0 bridgehead atoms. The van der Waals surface area contributed by atoms with Gasteiger partial charge in [0.05, 0.1) is 32.0 Å². The van der Waals surface area contributed by atoms with Crippen molar-refractivity contribution in [3.8, 4) is 39.9 Å². The van der Waals surface area contributed by atoms with Gasteiger partial charge in [0, 0.05) is 17.7 Å². The highest BCUT2D eigenvalue weighted by Gasteiger charge is 2.30. The van der Waals surface area contributed by atoms with Gasteiger partial charge in [-0.2, -0.15) is 0 Å². The third kappa shape index (κ3) is 2.93. The molecule has 8 heteroatoms. The van der Waals surface area contributed by atoms with E-state index in [1.807, 2.05) is 0 Å². The Morgan fingerprint density at radius 1 is 1.03 bits per heavy atom. The van der Waals surface area contributed by atoms with Crippen LogP contribution in [0.25, 0.3) is 28.2 Å². The summed E-state index contributed by atoms with van der Waals surface area (Å²) in [5.74, 6) is 0.215. The maximum absolute atomic E-state index is 13.3. The molecule has 4 rings (SSSR count). The van der Waals surface area contributed by atoms with Gasteiger partial charge < -0.3 is 33.9 Å². The average molecular weight is 412 g/mol. The van der Waals surface area contributed by atoms with Crippen LogP contribution in [0.15, 0.2) is 39.7 Å². The van der Waals surface area contributed by atoms with E-state index in [0.717, 1.165) is 0 Å². The van der Waals surface area contributed by atoms with E-state index in [0.29, 0.717) is 16.9 Å². The highest BCUT2D eigenvalue weighted by molar-refractivity contribution is 5.95. The Kier molecular flexibility index (Phi) is 4.58. The summed E-state index contributed by atoms with van der Waals surface area (Å²) in [5.41, 5.74) is -0.351. The van der Waals surface area contributed by atoms with Crippen molar-refractivity contribution in [1.82, 2.24) is 0 Å². The highest BCUT2D eigenvalue weighted by atomic mass is 16.5. The fourth-order valence-electron chi connectivity index (χ4n) is 3.43. The molecule has 1 unspecified atom stereocenters. The van der Waals surface area contributed by atoms with Gasteiger partial charge in [-0.25, -0.2) is 0 Å². The Morgan fingerprint density at radius 2 is 1.77 bits per heavy atom. The first-order chi connectivity index (χ1) is 14.3. The Morgan fingerprint density at radius 3 is 2.43 bits per heavy atom. The first kappa shape index (κ1) is 19.7. The van der Waals surface area contributed by atoms with E-state index in [4.69, 9.17) is 18.6 Å². The molecular weight excluding hydrogens is 392 g/mol. The summed E-state index contributed by atoms with van der Waals surface area (Å²) in [7, 11) is 2.79. The molecule has 1 aliphatic rings. The van der Waals surface area contributed by atoms with Gasteiger partial charge >= 0.3 is 0 Å². The molecule has 0 aliphatic carbocycles. The molecule has 30 heavy (non-hydrogen) atoms. The lowest BCUT2D eigenvalue weighted by atomic mass is 9.97. The summed E-state index contributed by atoms with van der Waals surface area (Å²) in [6.07, 6.45) is 4.60. The summed E-state index contributed by atoms with van der Waals surface area (Å²) in [4.78, 5) is 13.3. The lowest BCUT2D eigenvalue weighted by molar-refractivity contribution is 0.0640. The molecule has 2 aromatic carbocycles. The molecular formula is C22H20O8. The van der Waals surface area contributed by atoms with E-state index in [9.17, 15) is 20.1 Å². The molecule has 1 aromatic heterocycles. The predicted octanol–water partition coefficient (Wildman–Crippen LogP) is 3.05. The second kappa shape index (κ2) is 7.00. The maximum Gasteiger partial charge on any atom is 0.204 e. The molecule has 8 nitrogen and oxygen atoms in total. The second-order valence-electron chi connectivity index (χ2n) is 7.12. The Balaban J connectivity index is 1.98. The quantitative estimate of drug-likeness (QED) is 0.598. The number of hydrogen-bond donors (Lipinski definition) is 3. The Labute approximate surface area is 171 Å². The van der Waals surface area contributed by atoms with E-state index in [2.05, 4.69) is 0 Å². The van der Waals surface area contributed by atoms with Gasteiger partial charge in [-0.05, 0) is 25.1 Å². The summed E-state index contributed by atoms with van der Waals surface area (Å²) in [5, 5.41) is 30.1. The maximum atomic E-state index is 13.3. The largest absolute Gasteiger partial charge is 0.507 e. The molecule has 2 heterocycles. The number of hydrogen-bond acceptors (Lipinski definition) is 8. The highest BCUT2D eigenvalue weighted by Crippen LogP contribution is 2.42. The summed E-state index contributed by atoms with van der Waals surface area (Å²) in [6.45, 7) is 1.44. The van der Waals surface area contributed by atoms with Crippen LogP contribution < -0.4 is 19.6 Å². The van der Waals surface area contributed by atoms with Crippen molar-refractivity contribution in [1.29, 1.82) is 0 Å². The molecule has 0 fully saturated rings. The third-order valence-electron chi connectivity index (χ3n) is 5.08. The van der Waals surface area contributed by atoms with Crippen LogP contribution >= 0.6 is 0 Å². The van der Waals surface area contributed by atoms with Crippen molar-refractivity contribution >= 4 is 17.0 Å². The van der Waals surface area contributed by atoms with Crippen molar-refractivity contribution in [2.24, 2.45) is 0 Å². The fourth-order valence-corrected chi connectivity index (χ4v) is 3.43. The van der Waals surface area contributed by atoms with Crippen LogP contribution in [-0.2, 0) is 0 Å². The number of aliphatic hydroxyl groups excluding tert-OH is 1. The molecule has 0 amide bonds. The van der Waals surface area contributed by atoms with E-state index in [1.54, 1.807) is 19.1 Å². The van der Waals surface area contributed by atoms with Crippen LogP contribution in [0.2, 0.25) is 0 Å². The first-order valence-electron chi connectivity index (χ1n) is 9.08. The van der Waals surface area contributed by atoms with Gasteiger partial charge in [-0.1, -0.05) is 0 Å². The lowest BCUT2D eigenvalue weighted by Crippen LogP contribution is -2.35. The van der Waals surface area contributed by atoms with E-state index in [1.165, 1.54) is 38.7 Å². The smallest absolute Gasteiger partial charge is 0.204 e. The monoisotopic (exact) mass is 412 g/mol. The van der Waals surface area contributed by atoms with E-state index >= 15 is 0 Å². The molecule has 0 spiro atoms. The number of fused-ring (bicyclic) bond motifs is 3. The zero-order valence-electron chi connectivity index (χ0n) is 16.6. The molecule has 156 valence electrons. The van der Waals surface area contributed by atoms with E-state index in [-0.39, 0.29) is 46.1 Å². The van der Waals surface area contributed by atoms with Crippen LogP contribution in [0.4, 0.5) is 0 Å². The number of phenols is 2. The Bertz CT molecular complexity index is 1240. The molecule has 3 aromatic rings. The zero-order valence-corrected chi connectivity index (χ0v) is 16.6. The van der Waals surface area contributed by atoms with Crippen molar-refractivity contribution < 1.29 is 33.9 Å². The first-order valence-corrected chi connectivity index (χ1v) is 9.08. The van der Waals surface area contributed by atoms with Gasteiger partial charge in [0.25, 0.3) is 0 Å². The summed E-state index contributed by atoms with van der Waals surface area (Å²) >= 11 is 0. The average Bonchev–Trinajstić information content (AvgIpc) is 2.73.